The van der Waals surface area contributed by atoms with Gasteiger partial charge < -0.3 is 10.1 Å². The van der Waals surface area contributed by atoms with Gasteiger partial charge in [-0.15, -0.1) is 0 Å². The fourth-order valence-electron chi connectivity index (χ4n) is 2.89. The Morgan fingerprint density at radius 2 is 1.63 bits per heavy atom. The van der Waals surface area contributed by atoms with Crippen molar-refractivity contribution in [2.45, 2.75) is 17.7 Å². The largest absolute Gasteiger partial charge is 0.465 e. The maximum absolute atomic E-state index is 12.6. The number of hydrogen-bond acceptors (Lipinski definition) is 5. The van der Waals surface area contributed by atoms with Gasteiger partial charge in [0.25, 0.3) is 5.91 Å². The Balaban J connectivity index is 1.76. The van der Waals surface area contributed by atoms with Crippen LogP contribution in [-0.4, -0.2) is 44.8 Å². The van der Waals surface area contributed by atoms with Crippen LogP contribution < -0.4 is 5.32 Å². The predicted octanol–water partition coefficient (Wildman–Crippen LogP) is 2.51. The third kappa shape index (κ3) is 4.17. The van der Waals surface area contributed by atoms with Gasteiger partial charge in [0.2, 0.25) is 10.0 Å². The molecule has 0 saturated carbocycles. The summed E-state index contributed by atoms with van der Waals surface area (Å²) in [5.74, 6) is -0.885. The van der Waals surface area contributed by atoms with Crippen LogP contribution in [0.5, 0.6) is 0 Å². The third-order valence-electron chi connectivity index (χ3n) is 4.36. The molecule has 0 bridgehead atoms. The lowest BCUT2D eigenvalue weighted by molar-refractivity contribution is 0.0600. The van der Waals surface area contributed by atoms with Crippen LogP contribution in [0.3, 0.4) is 0 Å². The summed E-state index contributed by atoms with van der Waals surface area (Å²) in [6, 6.07) is 12.2. The van der Waals surface area contributed by atoms with Gasteiger partial charge in [0.1, 0.15) is 0 Å². The van der Waals surface area contributed by atoms with E-state index in [0.717, 1.165) is 12.8 Å². The summed E-state index contributed by atoms with van der Waals surface area (Å²) >= 11 is 0. The predicted molar refractivity (Wildman–Crippen MR) is 100 cm³/mol. The Morgan fingerprint density at radius 3 is 2.26 bits per heavy atom. The van der Waals surface area contributed by atoms with Crippen LogP contribution in [0.25, 0.3) is 0 Å². The molecule has 27 heavy (non-hydrogen) atoms. The molecule has 142 valence electrons. The summed E-state index contributed by atoms with van der Waals surface area (Å²) in [7, 11) is -2.27. The number of rotatable bonds is 5. The average Bonchev–Trinajstić information content (AvgIpc) is 3.23. The normalized spacial score (nSPS) is 14.7. The molecule has 1 N–H and O–H groups in total. The van der Waals surface area contributed by atoms with Gasteiger partial charge >= 0.3 is 5.97 Å². The van der Waals surface area contributed by atoms with Crippen LogP contribution in [0.4, 0.5) is 5.69 Å². The van der Waals surface area contributed by atoms with Gasteiger partial charge in [-0.3, -0.25) is 4.79 Å². The molecule has 0 spiro atoms. The van der Waals surface area contributed by atoms with E-state index in [-0.39, 0.29) is 4.90 Å². The summed E-state index contributed by atoms with van der Waals surface area (Å²) in [4.78, 5) is 24.0. The molecule has 7 nitrogen and oxygen atoms in total. The standard InChI is InChI=1S/C19H20N2O5S/c1-26-19(23)15-9-7-14(8-10-15)18(22)20-16-5-4-6-17(13-16)27(24,25)21-11-2-3-12-21/h4-10,13H,2-3,11-12H2,1H3,(H,20,22). The van der Waals surface area contributed by atoms with E-state index in [2.05, 4.69) is 10.1 Å². The molecule has 2 aromatic rings. The first-order valence-electron chi connectivity index (χ1n) is 8.52. The molecule has 0 radical (unpaired) electrons. The van der Waals surface area contributed by atoms with E-state index >= 15 is 0 Å². The maximum Gasteiger partial charge on any atom is 0.337 e. The lowest BCUT2D eigenvalue weighted by atomic mass is 10.1. The number of nitrogens with zero attached hydrogens (tertiary/aromatic N) is 1. The van der Waals surface area contributed by atoms with Crippen molar-refractivity contribution < 1.29 is 22.7 Å². The van der Waals surface area contributed by atoms with Crippen LogP contribution >= 0.6 is 0 Å². The Kier molecular flexibility index (Phi) is 5.57. The van der Waals surface area contributed by atoms with E-state index < -0.39 is 21.9 Å². The number of methoxy groups -OCH3 is 1. The molecule has 1 saturated heterocycles. The van der Waals surface area contributed by atoms with Crippen molar-refractivity contribution in [2.24, 2.45) is 0 Å². The van der Waals surface area contributed by atoms with Crippen molar-refractivity contribution in [3.63, 3.8) is 0 Å². The zero-order valence-electron chi connectivity index (χ0n) is 14.8. The molecule has 0 aromatic heterocycles. The van der Waals surface area contributed by atoms with Gasteiger partial charge in [0.15, 0.2) is 0 Å². The highest BCUT2D eigenvalue weighted by atomic mass is 32.2. The Morgan fingerprint density at radius 1 is 1.00 bits per heavy atom. The summed E-state index contributed by atoms with van der Waals surface area (Å²) in [6.07, 6.45) is 1.72. The van der Waals surface area contributed by atoms with Crippen molar-refractivity contribution in [1.29, 1.82) is 0 Å². The number of amides is 1. The van der Waals surface area contributed by atoms with Gasteiger partial charge in [0, 0.05) is 24.3 Å². The van der Waals surface area contributed by atoms with Crippen molar-refractivity contribution in [1.82, 2.24) is 4.31 Å². The van der Waals surface area contributed by atoms with Crippen LogP contribution in [0, 0.1) is 0 Å². The summed E-state index contributed by atoms with van der Waals surface area (Å²) in [5.41, 5.74) is 1.07. The fourth-order valence-corrected chi connectivity index (χ4v) is 4.45. The molecule has 3 rings (SSSR count). The average molecular weight is 388 g/mol. The van der Waals surface area contributed by atoms with E-state index in [4.69, 9.17) is 0 Å². The molecule has 1 heterocycles. The monoisotopic (exact) mass is 388 g/mol. The van der Waals surface area contributed by atoms with Crippen LogP contribution in [-0.2, 0) is 14.8 Å². The van der Waals surface area contributed by atoms with E-state index in [1.54, 1.807) is 12.1 Å². The topological polar surface area (TPSA) is 92.8 Å². The van der Waals surface area contributed by atoms with Crippen LogP contribution in [0.15, 0.2) is 53.4 Å². The van der Waals surface area contributed by atoms with E-state index in [1.165, 1.54) is 47.8 Å². The Hall–Kier alpha value is -2.71. The minimum atomic E-state index is -3.55. The summed E-state index contributed by atoms with van der Waals surface area (Å²) < 4.78 is 31.4. The van der Waals surface area contributed by atoms with Crippen molar-refractivity contribution in [3.05, 3.63) is 59.7 Å². The van der Waals surface area contributed by atoms with E-state index in [9.17, 15) is 18.0 Å². The highest BCUT2D eigenvalue weighted by Gasteiger charge is 2.27. The van der Waals surface area contributed by atoms with Crippen molar-refractivity contribution in [3.8, 4) is 0 Å². The van der Waals surface area contributed by atoms with Crippen molar-refractivity contribution >= 4 is 27.6 Å². The lowest BCUT2D eigenvalue weighted by Gasteiger charge is -2.16. The second kappa shape index (κ2) is 7.89. The number of ether oxygens (including phenoxy) is 1. The maximum atomic E-state index is 12.6. The number of sulfonamides is 1. The second-order valence-electron chi connectivity index (χ2n) is 6.16. The molecule has 2 aromatic carbocycles. The second-order valence-corrected chi connectivity index (χ2v) is 8.10. The van der Waals surface area contributed by atoms with Crippen molar-refractivity contribution in [2.75, 3.05) is 25.5 Å². The first-order valence-corrected chi connectivity index (χ1v) is 9.96. The first kappa shape index (κ1) is 19.1. The molecule has 1 aliphatic heterocycles. The number of carbonyl (C=O) groups is 2. The number of anilines is 1. The first-order chi connectivity index (χ1) is 12.9. The molecule has 8 heteroatoms. The number of hydrogen-bond donors (Lipinski definition) is 1. The van der Waals surface area contributed by atoms with Gasteiger partial charge in [-0.05, 0) is 55.3 Å². The summed E-state index contributed by atoms with van der Waals surface area (Å²) in [5, 5.41) is 2.69. The van der Waals surface area contributed by atoms with Crippen LogP contribution in [0.2, 0.25) is 0 Å². The molecule has 1 fully saturated rings. The molecule has 0 aliphatic carbocycles. The van der Waals surface area contributed by atoms with E-state index in [1.807, 2.05) is 0 Å². The minimum Gasteiger partial charge on any atom is -0.465 e. The molecular formula is C19H20N2O5S. The highest BCUT2D eigenvalue weighted by molar-refractivity contribution is 7.89. The molecular weight excluding hydrogens is 368 g/mol. The number of esters is 1. The number of benzene rings is 2. The zero-order valence-corrected chi connectivity index (χ0v) is 15.7. The SMILES string of the molecule is COC(=O)c1ccc(C(=O)Nc2cccc(S(=O)(=O)N3CCCC3)c2)cc1. The smallest absolute Gasteiger partial charge is 0.337 e. The summed E-state index contributed by atoms with van der Waals surface area (Å²) in [6.45, 7) is 1.04. The zero-order chi connectivity index (χ0) is 19.4. The lowest BCUT2D eigenvalue weighted by Crippen LogP contribution is -2.27. The number of carbonyl (C=O) groups excluding carboxylic acids is 2. The van der Waals surface area contributed by atoms with Gasteiger partial charge in [-0.2, -0.15) is 4.31 Å². The third-order valence-corrected chi connectivity index (χ3v) is 6.26. The quantitative estimate of drug-likeness (QED) is 0.795. The van der Waals surface area contributed by atoms with Gasteiger partial charge in [-0.25, -0.2) is 13.2 Å². The highest BCUT2D eigenvalue weighted by Crippen LogP contribution is 2.23. The van der Waals surface area contributed by atoms with E-state index in [0.29, 0.717) is 29.9 Å². The Labute approximate surface area is 158 Å². The molecule has 0 atom stereocenters. The molecule has 1 amide bonds. The van der Waals surface area contributed by atoms with Gasteiger partial charge in [0.05, 0.1) is 17.6 Å². The molecule has 0 unspecified atom stereocenters. The number of nitrogens with one attached hydrogen (secondary N) is 1. The Bertz CT molecular complexity index is 948. The fraction of sp³-hybridized carbons (Fsp3) is 0.263. The van der Waals surface area contributed by atoms with Crippen LogP contribution in [0.1, 0.15) is 33.6 Å². The molecule has 1 aliphatic rings. The van der Waals surface area contributed by atoms with Gasteiger partial charge in [-0.1, -0.05) is 6.07 Å². The minimum absolute atomic E-state index is 0.156.